The van der Waals surface area contributed by atoms with Crippen molar-refractivity contribution < 1.29 is 13.9 Å². The zero-order valence-corrected chi connectivity index (χ0v) is 17.1. The van der Waals surface area contributed by atoms with E-state index in [1.807, 2.05) is 42.6 Å². The Bertz CT molecular complexity index is 995. The van der Waals surface area contributed by atoms with Crippen molar-refractivity contribution in [3.05, 3.63) is 53.1 Å². The number of ether oxygens (including phenoxy) is 1. The Kier molecular flexibility index (Phi) is 6.85. The molecule has 9 heteroatoms. The van der Waals surface area contributed by atoms with Gasteiger partial charge in [-0.1, -0.05) is 18.2 Å². The number of benzene rings is 1. The van der Waals surface area contributed by atoms with Gasteiger partial charge in [-0.2, -0.15) is 4.99 Å². The highest BCUT2D eigenvalue weighted by Crippen LogP contribution is 2.28. The highest BCUT2D eigenvalue weighted by Gasteiger charge is 2.10. The van der Waals surface area contributed by atoms with E-state index in [1.54, 1.807) is 6.07 Å². The summed E-state index contributed by atoms with van der Waals surface area (Å²) in [6.07, 6.45) is 0. The molecule has 0 saturated carbocycles. The van der Waals surface area contributed by atoms with Gasteiger partial charge in [-0.25, -0.2) is 4.98 Å². The van der Waals surface area contributed by atoms with E-state index in [9.17, 15) is 4.79 Å². The number of thiazole rings is 1. The average molecular weight is 414 g/mol. The quantitative estimate of drug-likeness (QED) is 0.297. The van der Waals surface area contributed by atoms with Gasteiger partial charge in [0.25, 0.3) is 0 Å². The van der Waals surface area contributed by atoms with Crippen molar-refractivity contribution in [3.63, 3.8) is 0 Å². The van der Waals surface area contributed by atoms with Crippen LogP contribution in [0.2, 0.25) is 0 Å². The van der Waals surface area contributed by atoms with Crippen LogP contribution in [0.1, 0.15) is 18.2 Å². The Morgan fingerprint density at radius 1 is 1.28 bits per heavy atom. The van der Waals surface area contributed by atoms with Gasteiger partial charge in [0.15, 0.2) is 11.7 Å². The summed E-state index contributed by atoms with van der Waals surface area (Å²) in [7, 11) is 0. The molecule has 0 unspecified atom stereocenters. The topological polar surface area (TPSA) is 115 Å². The number of guanidine groups is 1. The molecule has 0 radical (unpaired) electrons. The number of nitrogens with zero attached hydrogens (tertiary/aromatic N) is 2. The van der Waals surface area contributed by atoms with E-state index < -0.39 is 0 Å². The fourth-order valence-corrected chi connectivity index (χ4v) is 3.14. The molecule has 1 aromatic carbocycles. The highest BCUT2D eigenvalue weighted by atomic mass is 32.1. The molecule has 3 rings (SSSR count). The normalized spacial score (nSPS) is 11.3. The molecule has 0 atom stereocenters. The second-order valence-electron chi connectivity index (χ2n) is 6.23. The van der Waals surface area contributed by atoms with Crippen LogP contribution < -0.4 is 21.1 Å². The lowest BCUT2D eigenvalue weighted by atomic mass is 10.2. The van der Waals surface area contributed by atoms with Gasteiger partial charge < -0.3 is 25.5 Å². The van der Waals surface area contributed by atoms with E-state index in [1.165, 1.54) is 18.3 Å². The number of carbonyl (C=O) groups is 1. The molecular weight excluding hydrogens is 390 g/mol. The molecule has 8 nitrogen and oxygen atoms in total. The van der Waals surface area contributed by atoms with Crippen molar-refractivity contribution in [2.45, 2.75) is 20.4 Å². The lowest BCUT2D eigenvalue weighted by Gasteiger charge is -2.09. The Balaban J connectivity index is 1.50. The van der Waals surface area contributed by atoms with Crippen molar-refractivity contribution in [2.75, 3.05) is 13.2 Å². The number of carbonyl (C=O) groups excluding carboxylic acids is 1. The lowest BCUT2D eigenvalue weighted by Crippen LogP contribution is -2.34. The number of hydrogen-bond acceptors (Lipinski definition) is 6. The minimum atomic E-state index is -0.111. The minimum Gasteiger partial charge on any atom is -0.491 e. The number of para-hydroxylation sites is 1. The summed E-state index contributed by atoms with van der Waals surface area (Å²) in [5.74, 6) is 2.28. The molecule has 4 N–H and O–H groups in total. The largest absolute Gasteiger partial charge is 0.491 e. The smallest absolute Gasteiger partial charge is 0.217 e. The molecule has 0 saturated heterocycles. The van der Waals surface area contributed by atoms with E-state index in [0.29, 0.717) is 42.0 Å². The van der Waals surface area contributed by atoms with Crippen LogP contribution in [0.5, 0.6) is 5.75 Å². The lowest BCUT2D eigenvalue weighted by molar-refractivity contribution is -0.119. The molecule has 2 heterocycles. The number of nitrogens with one attached hydrogen (secondary N) is 2. The van der Waals surface area contributed by atoms with Gasteiger partial charge in [-0.3, -0.25) is 4.79 Å². The van der Waals surface area contributed by atoms with E-state index in [4.69, 9.17) is 14.9 Å². The molecule has 1 amide bonds. The van der Waals surface area contributed by atoms with E-state index in [-0.39, 0.29) is 11.9 Å². The van der Waals surface area contributed by atoms with Gasteiger partial charge in [0.1, 0.15) is 23.8 Å². The standard InChI is InChI=1S/C20H23N5O3S/c1-13-5-3-4-6-17(13)27-10-9-22-19(21)25-20-24-16(12-29-20)18-8-7-15(28-18)11-23-14(2)26/h3-8,12H,9-11H2,1-2H3,(H,23,26)(H3,21,22,24,25). The van der Waals surface area contributed by atoms with Crippen LogP contribution in [0.15, 0.2) is 51.2 Å². The van der Waals surface area contributed by atoms with Crippen LogP contribution in [0.25, 0.3) is 11.5 Å². The molecule has 0 aliphatic rings. The third-order valence-corrected chi connectivity index (χ3v) is 4.63. The summed E-state index contributed by atoms with van der Waals surface area (Å²) in [5, 5.41) is 8.06. The second kappa shape index (κ2) is 9.74. The number of hydrogen-bond donors (Lipinski definition) is 3. The number of amides is 1. The fraction of sp³-hybridized carbons (Fsp3) is 0.250. The van der Waals surface area contributed by atoms with Crippen molar-refractivity contribution in [2.24, 2.45) is 10.7 Å². The van der Waals surface area contributed by atoms with Crippen molar-refractivity contribution >= 4 is 28.3 Å². The second-order valence-corrected chi connectivity index (χ2v) is 7.07. The number of aliphatic imine (C=N–C) groups is 1. The summed E-state index contributed by atoms with van der Waals surface area (Å²) in [6.45, 7) is 4.79. The monoisotopic (exact) mass is 413 g/mol. The fourth-order valence-electron chi connectivity index (χ4n) is 2.45. The summed E-state index contributed by atoms with van der Waals surface area (Å²) in [6, 6.07) is 11.5. The van der Waals surface area contributed by atoms with E-state index in [0.717, 1.165) is 11.3 Å². The van der Waals surface area contributed by atoms with Crippen LogP contribution in [-0.2, 0) is 11.3 Å². The molecule has 2 aromatic heterocycles. The van der Waals surface area contributed by atoms with Gasteiger partial charge >= 0.3 is 0 Å². The molecule has 0 aliphatic carbocycles. The van der Waals surface area contributed by atoms with Gasteiger partial charge in [0.2, 0.25) is 11.0 Å². The molecular formula is C20H23N5O3S. The number of furan rings is 1. The molecule has 152 valence electrons. The summed E-state index contributed by atoms with van der Waals surface area (Å²) >= 11 is 1.36. The Morgan fingerprint density at radius 3 is 2.90 bits per heavy atom. The van der Waals surface area contributed by atoms with E-state index in [2.05, 4.69) is 20.6 Å². The molecule has 29 heavy (non-hydrogen) atoms. The SMILES string of the molecule is CC(=O)NCc1ccc(-c2csc(/N=C(\N)NCCOc3ccccc3C)n2)o1. The number of nitrogens with two attached hydrogens (primary N) is 1. The highest BCUT2D eigenvalue weighted by molar-refractivity contribution is 7.13. The number of aryl methyl sites for hydroxylation is 1. The summed E-state index contributed by atoms with van der Waals surface area (Å²) in [4.78, 5) is 19.7. The summed E-state index contributed by atoms with van der Waals surface area (Å²) < 4.78 is 11.4. The van der Waals surface area contributed by atoms with Gasteiger partial charge in [0, 0.05) is 12.3 Å². The van der Waals surface area contributed by atoms with Crippen LogP contribution in [0, 0.1) is 6.92 Å². The zero-order chi connectivity index (χ0) is 20.6. The molecule has 0 bridgehead atoms. The predicted octanol–water partition coefficient (Wildman–Crippen LogP) is 2.96. The first-order valence-corrected chi connectivity index (χ1v) is 9.95. The maximum atomic E-state index is 11.0. The van der Waals surface area contributed by atoms with Gasteiger partial charge in [0.05, 0.1) is 13.1 Å². The minimum absolute atomic E-state index is 0.111. The van der Waals surface area contributed by atoms with E-state index >= 15 is 0 Å². The maximum Gasteiger partial charge on any atom is 0.217 e. The van der Waals surface area contributed by atoms with Crippen molar-refractivity contribution in [1.82, 2.24) is 15.6 Å². The van der Waals surface area contributed by atoms with Crippen molar-refractivity contribution in [1.29, 1.82) is 0 Å². The third kappa shape index (κ3) is 6.08. The molecule has 0 aliphatic heterocycles. The predicted molar refractivity (Wildman–Crippen MR) is 113 cm³/mol. The summed E-state index contributed by atoms with van der Waals surface area (Å²) in [5.41, 5.74) is 7.67. The van der Waals surface area contributed by atoms with Crippen LogP contribution in [-0.4, -0.2) is 30.0 Å². The molecule has 0 spiro atoms. The Hall–Kier alpha value is -3.33. The zero-order valence-electron chi connectivity index (χ0n) is 16.3. The Labute approximate surface area is 172 Å². The first-order valence-electron chi connectivity index (χ1n) is 9.07. The molecule has 0 fully saturated rings. The van der Waals surface area contributed by atoms with Crippen LogP contribution in [0.3, 0.4) is 0 Å². The first-order chi connectivity index (χ1) is 14.0. The average Bonchev–Trinajstić information content (AvgIpc) is 3.34. The van der Waals surface area contributed by atoms with Crippen LogP contribution >= 0.6 is 11.3 Å². The maximum absolute atomic E-state index is 11.0. The first kappa shape index (κ1) is 20.4. The number of aromatic nitrogens is 1. The van der Waals surface area contributed by atoms with Gasteiger partial charge in [-0.05, 0) is 30.7 Å². The van der Waals surface area contributed by atoms with Crippen molar-refractivity contribution in [3.8, 4) is 17.2 Å². The van der Waals surface area contributed by atoms with Gasteiger partial charge in [-0.15, -0.1) is 11.3 Å². The number of rotatable bonds is 8. The third-order valence-electron chi connectivity index (χ3n) is 3.89. The Morgan fingerprint density at radius 2 is 2.10 bits per heavy atom. The van der Waals surface area contributed by atoms with Crippen LogP contribution in [0.4, 0.5) is 5.13 Å². The molecule has 3 aromatic rings.